The van der Waals surface area contributed by atoms with Crippen molar-refractivity contribution in [2.45, 2.75) is 51.0 Å². The van der Waals surface area contributed by atoms with Crippen molar-refractivity contribution < 1.29 is 9.18 Å². The number of aryl methyl sites for hydroxylation is 1. The van der Waals surface area contributed by atoms with Crippen molar-refractivity contribution in [2.75, 3.05) is 6.54 Å². The molecule has 4 rings (SSSR count). The van der Waals surface area contributed by atoms with Crippen LogP contribution in [0.5, 0.6) is 0 Å². The molecule has 0 spiro atoms. The SMILES string of the molecule is Cc1cccc2c(=O)n(CC(=O)NCC3(c4ccc(F)cc4)CCCCC3)cnc12. The van der Waals surface area contributed by atoms with E-state index in [1.165, 1.54) is 29.4 Å². The molecule has 1 amide bonds. The Morgan fingerprint density at radius 1 is 1.13 bits per heavy atom. The van der Waals surface area contributed by atoms with E-state index in [-0.39, 0.29) is 29.2 Å². The minimum atomic E-state index is -0.257. The van der Waals surface area contributed by atoms with E-state index in [9.17, 15) is 14.0 Å². The molecule has 3 aromatic rings. The average molecular weight is 407 g/mol. The zero-order valence-corrected chi connectivity index (χ0v) is 17.2. The summed E-state index contributed by atoms with van der Waals surface area (Å²) in [5, 5.41) is 3.54. The van der Waals surface area contributed by atoms with E-state index in [4.69, 9.17) is 0 Å². The highest BCUT2D eigenvalue weighted by molar-refractivity contribution is 5.81. The van der Waals surface area contributed by atoms with Gasteiger partial charge in [-0.2, -0.15) is 0 Å². The van der Waals surface area contributed by atoms with Gasteiger partial charge < -0.3 is 5.32 Å². The van der Waals surface area contributed by atoms with Crippen LogP contribution in [0.15, 0.2) is 53.6 Å². The number of nitrogens with one attached hydrogen (secondary N) is 1. The third-order valence-electron chi connectivity index (χ3n) is 6.26. The molecule has 0 unspecified atom stereocenters. The fraction of sp³-hybridized carbons (Fsp3) is 0.375. The van der Waals surface area contributed by atoms with Crippen LogP contribution in [0.4, 0.5) is 4.39 Å². The molecule has 1 aromatic heterocycles. The molecule has 1 fully saturated rings. The van der Waals surface area contributed by atoms with E-state index in [0.717, 1.165) is 36.8 Å². The van der Waals surface area contributed by atoms with Crippen LogP contribution < -0.4 is 10.9 Å². The lowest BCUT2D eigenvalue weighted by molar-refractivity contribution is -0.122. The maximum absolute atomic E-state index is 13.4. The van der Waals surface area contributed by atoms with Crippen molar-refractivity contribution in [3.8, 4) is 0 Å². The summed E-state index contributed by atoms with van der Waals surface area (Å²) in [5.41, 5.74) is 2.25. The molecule has 0 atom stereocenters. The Bertz CT molecular complexity index is 1120. The van der Waals surface area contributed by atoms with Crippen molar-refractivity contribution in [2.24, 2.45) is 0 Å². The van der Waals surface area contributed by atoms with Gasteiger partial charge in [-0.1, -0.05) is 43.5 Å². The summed E-state index contributed by atoms with van der Waals surface area (Å²) in [4.78, 5) is 29.8. The number of amides is 1. The van der Waals surface area contributed by atoms with Gasteiger partial charge >= 0.3 is 0 Å². The van der Waals surface area contributed by atoms with Crippen LogP contribution in [0, 0.1) is 12.7 Å². The second-order valence-corrected chi connectivity index (χ2v) is 8.27. The largest absolute Gasteiger partial charge is 0.354 e. The Balaban J connectivity index is 1.51. The zero-order chi connectivity index (χ0) is 21.1. The molecule has 1 aliphatic carbocycles. The molecule has 1 heterocycles. The number of carbonyl (C=O) groups excluding carboxylic acids is 1. The minimum Gasteiger partial charge on any atom is -0.354 e. The van der Waals surface area contributed by atoms with Crippen LogP contribution in [0.3, 0.4) is 0 Å². The number of fused-ring (bicyclic) bond motifs is 1. The number of rotatable bonds is 5. The van der Waals surface area contributed by atoms with E-state index in [1.54, 1.807) is 6.07 Å². The van der Waals surface area contributed by atoms with Crippen molar-refractivity contribution in [1.29, 1.82) is 0 Å². The number of aromatic nitrogens is 2. The van der Waals surface area contributed by atoms with Gasteiger partial charge in [-0.05, 0) is 49.1 Å². The molecule has 5 nitrogen and oxygen atoms in total. The van der Waals surface area contributed by atoms with Gasteiger partial charge in [0.25, 0.3) is 5.56 Å². The molecule has 1 aliphatic rings. The highest BCUT2D eigenvalue weighted by atomic mass is 19.1. The Labute approximate surface area is 175 Å². The maximum atomic E-state index is 13.4. The molecule has 0 radical (unpaired) electrons. The monoisotopic (exact) mass is 407 g/mol. The first-order valence-electron chi connectivity index (χ1n) is 10.5. The topological polar surface area (TPSA) is 64.0 Å². The summed E-state index contributed by atoms with van der Waals surface area (Å²) in [6.45, 7) is 2.31. The quantitative estimate of drug-likeness (QED) is 0.699. The van der Waals surface area contributed by atoms with Gasteiger partial charge in [0.1, 0.15) is 12.4 Å². The fourth-order valence-corrected chi connectivity index (χ4v) is 4.53. The summed E-state index contributed by atoms with van der Waals surface area (Å²) in [7, 11) is 0. The number of hydrogen-bond acceptors (Lipinski definition) is 3. The lowest BCUT2D eigenvalue weighted by Gasteiger charge is -2.38. The summed E-state index contributed by atoms with van der Waals surface area (Å²) in [5.74, 6) is -0.481. The Hall–Kier alpha value is -3.02. The molecule has 0 bridgehead atoms. The van der Waals surface area contributed by atoms with Gasteiger partial charge in [0.15, 0.2) is 0 Å². The summed E-state index contributed by atoms with van der Waals surface area (Å²) >= 11 is 0. The van der Waals surface area contributed by atoms with Gasteiger partial charge in [0.05, 0.1) is 17.2 Å². The lowest BCUT2D eigenvalue weighted by Crippen LogP contribution is -2.43. The van der Waals surface area contributed by atoms with Gasteiger partial charge in [-0.25, -0.2) is 9.37 Å². The first-order valence-corrected chi connectivity index (χ1v) is 10.5. The average Bonchev–Trinajstić information content (AvgIpc) is 2.76. The van der Waals surface area contributed by atoms with Crippen molar-refractivity contribution in [3.05, 3.63) is 76.1 Å². The number of para-hydroxylation sites is 1. The van der Waals surface area contributed by atoms with Crippen molar-refractivity contribution in [3.63, 3.8) is 0 Å². The van der Waals surface area contributed by atoms with Crippen LogP contribution in [0.25, 0.3) is 10.9 Å². The van der Waals surface area contributed by atoms with Crippen LogP contribution in [-0.4, -0.2) is 22.0 Å². The number of benzene rings is 2. The normalized spacial score (nSPS) is 15.8. The molecular formula is C24H26FN3O2. The number of carbonyl (C=O) groups is 1. The molecule has 30 heavy (non-hydrogen) atoms. The molecular weight excluding hydrogens is 381 g/mol. The van der Waals surface area contributed by atoms with Gasteiger partial charge in [-0.3, -0.25) is 14.2 Å². The second kappa shape index (κ2) is 8.38. The van der Waals surface area contributed by atoms with Crippen molar-refractivity contribution in [1.82, 2.24) is 14.9 Å². The minimum absolute atomic E-state index is 0.0742. The second-order valence-electron chi connectivity index (χ2n) is 8.27. The van der Waals surface area contributed by atoms with Gasteiger partial charge in [-0.15, -0.1) is 0 Å². The van der Waals surface area contributed by atoms with Crippen LogP contribution in [0.2, 0.25) is 0 Å². The molecule has 156 valence electrons. The van der Waals surface area contributed by atoms with E-state index >= 15 is 0 Å². The smallest absolute Gasteiger partial charge is 0.261 e. The molecule has 1 saturated carbocycles. The molecule has 0 saturated heterocycles. The third kappa shape index (κ3) is 3.99. The maximum Gasteiger partial charge on any atom is 0.261 e. The summed E-state index contributed by atoms with van der Waals surface area (Å²) < 4.78 is 14.8. The number of hydrogen-bond donors (Lipinski definition) is 1. The Kier molecular flexibility index (Phi) is 5.66. The Morgan fingerprint density at radius 3 is 2.60 bits per heavy atom. The first-order chi connectivity index (χ1) is 14.5. The van der Waals surface area contributed by atoms with Crippen LogP contribution in [-0.2, 0) is 16.8 Å². The van der Waals surface area contributed by atoms with Gasteiger partial charge in [0, 0.05) is 12.0 Å². The highest BCUT2D eigenvalue weighted by Crippen LogP contribution is 2.39. The van der Waals surface area contributed by atoms with Crippen LogP contribution in [0.1, 0.15) is 43.2 Å². The molecule has 1 N–H and O–H groups in total. The predicted molar refractivity (Wildman–Crippen MR) is 115 cm³/mol. The molecule has 0 aliphatic heterocycles. The van der Waals surface area contributed by atoms with E-state index in [0.29, 0.717) is 17.4 Å². The highest BCUT2D eigenvalue weighted by Gasteiger charge is 2.34. The van der Waals surface area contributed by atoms with Crippen molar-refractivity contribution >= 4 is 16.8 Å². The summed E-state index contributed by atoms with van der Waals surface area (Å²) in [6.07, 6.45) is 6.69. The molecule has 6 heteroatoms. The predicted octanol–water partition coefficient (Wildman–Crippen LogP) is 3.86. The number of halogens is 1. The first kappa shape index (κ1) is 20.3. The lowest BCUT2D eigenvalue weighted by atomic mass is 9.69. The third-order valence-corrected chi connectivity index (χ3v) is 6.26. The van der Waals surface area contributed by atoms with Gasteiger partial charge in [0.2, 0.25) is 5.91 Å². The Morgan fingerprint density at radius 2 is 1.87 bits per heavy atom. The van der Waals surface area contributed by atoms with E-state index in [2.05, 4.69) is 10.3 Å². The summed E-state index contributed by atoms with van der Waals surface area (Å²) in [6, 6.07) is 12.1. The standard InChI is InChI=1S/C24H26FN3O2/c1-17-6-5-7-20-22(17)27-16-28(23(20)30)14-21(29)26-15-24(12-3-2-4-13-24)18-8-10-19(25)11-9-18/h5-11,16H,2-4,12-15H2,1H3,(H,26,29). The molecule has 2 aromatic carbocycles. The van der Waals surface area contributed by atoms with E-state index < -0.39 is 0 Å². The van der Waals surface area contributed by atoms with E-state index in [1.807, 2.05) is 31.2 Å². The zero-order valence-electron chi connectivity index (χ0n) is 17.2. The number of nitrogens with zero attached hydrogens (tertiary/aromatic N) is 2. The fourth-order valence-electron chi connectivity index (χ4n) is 4.53. The van der Waals surface area contributed by atoms with Crippen LogP contribution >= 0.6 is 0 Å².